The molecule has 1 aromatic carbocycles. The normalized spacial score (nSPS) is 20.6. The van der Waals surface area contributed by atoms with Crippen molar-refractivity contribution in [1.82, 2.24) is 9.97 Å². The first kappa shape index (κ1) is 13.5. The fourth-order valence-electron chi connectivity index (χ4n) is 2.64. The Bertz CT molecular complexity index is 762. The molecule has 4 nitrogen and oxygen atoms in total. The number of ether oxygens (including phenoxy) is 1. The molecule has 0 bridgehead atoms. The number of benzene rings is 1. The molecular weight excluding hydrogens is 294 g/mol. The summed E-state index contributed by atoms with van der Waals surface area (Å²) < 4.78 is 7.16. The van der Waals surface area contributed by atoms with Crippen molar-refractivity contribution in [3.05, 3.63) is 48.2 Å². The maximum atomic E-state index is 5.94. The number of thiazole rings is 1. The first-order chi connectivity index (χ1) is 10.8. The number of aryl methyl sites for hydroxylation is 1. The Balaban J connectivity index is 1.35. The summed E-state index contributed by atoms with van der Waals surface area (Å²) in [7, 11) is 0. The summed E-state index contributed by atoms with van der Waals surface area (Å²) in [6.07, 6.45) is 4.01. The van der Waals surface area contributed by atoms with Gasteiger partial charge in [0.05, 0.1) is 10.2 Å². The van der Waals surface area contributed by atoms with Gasteiger partial charge in [-0.25, -0.2) is 9.97 Å². The molecule has 3 aromatic rings. The predicted molar refractivity (Wildman–Crippen MR) is 89.7 cm³/mol. The Labute approximate surface area is 133 Å². The molecule has 112 valence electrons. The van der Waals surface area contributed by atoms with E-state index in [9.17, 15) is 0 Å². The molecule has 0 unspecified atom stereocenters. The molecule has 0 atom stereocenters. The molecule has 1 aliphatic carbocycles. The molecule has 5 heteroatoms. The van der Waals surface area contributed by atoms with Gasteiger partial charge in [-0.1, -0.05) is 29.5 Å². The standard InChI is InChI=1S/C17H17N3OS/c1-11-5-4-8-18-16(11)21-13-9-12(10-13)19-17-20-14-6-2-3-7-15(14)22-17/h2-8,12-13H,9-10H2,1H3,(H,19,20). The van der Waals surface area contributed by atoms with Crippen LogP contribution in [0.5, 0.6) is 5.88 Å². The van der Waals surface area contributed by atoms with E-state index in [0.717, 1.165) is 34.9 Å². The second-order valence-corrected chi connectivity index (χ2v) is 6.70. The minimum absolute atomic E-state index is 0.250. The molecule has 1 N–H and O–H groups in total. The lowest BCUT2D eigenvalue weighted by molar-refractivity contribution is 0.102. The van der Waals surface area contributed by atoms with Crippen LogP contribution in [0.3, 0.4) is 0 Å². The fraction of sp³-hybridized carbons (Fsp3) is 0.294. The molecule has 1 aliphatic rings. The minimum Gasteiger partial charge on any atom is -0.474 e. The summed E-state index contributed by atoms with van der Waals surface area (Å²) in [6, 6.07) is 12.6. The highest BCUT2D eigenvalue weighted by Gasteiger charge is 2.32. The van der Waals surface area contributed by atoms with E-state index in [1.165, 1.54) is 4.70 Å². The lowest BCUT2D eigenvalue weighted by Gasteiger charge is -2.35. The number of fused-ring (bicyclic) bond motifs is 1. The van der Waals surface area contributed by atoms with E-state index in [-0.39, 0.29) is 6.10 Å². The highest BCUT2D eigenvalue weighted by Crippen LogP contribution is 2.32. The Morgan fingerprint density at radius 2 is 2.05 bits per heavy atom. The first-order valence-electron chi connectivity index (χ1n) is 7.48. The van der Waals surface area contributed by atoms with Crippen LogP contribution in [-0.2, 0) is 0 Å². The second kappa shape index (κ2) is 5.57. The van der Waals surface area contributed by atoms with Crippen molar-refractivity contribution in [2.75, 3.05) is 5.32 Å². The highest BCUT2D eigenvalue weighted by molar-refractivity contribution is 7.22. The topological polar surface area (TPSA) is 47.0 Å². The zero-order valence-electron chi connectivity index (χ0n) is 12.3. The van der Waals surface area contributed by atoms with Crippen LogP contribution in [0.1, 0.15) is 18.4 Å². The van der Waals surface area contributed by atoms with Crippen molar-refractivity contribution in [2.45, 2.75) is 31.9 Å². The molecule has 0 aliphatic heterocycles. The van der Waals surface area contributed by atoms with Gasteiger partial charge in [0.2, 0.25) is 5.88 Å². The largest absolute Gasteiger partial charge is 0.474 e. The van der Waals surface area contributed by atoms with E-state index in [0.29, 0.717) is 6.04 Å². The van der Waals surface area contributed by atoms with Crippen LogP contribution in [0.15, 0.2) is 42.6 Å². The van der Waals surface area contributed by atoms with Gasteiger partial charge in [-0.05, 0) is 25.1 Å². The van der Waals surface area contributed by atoms with E-state index in [2.05, 4.69) is 21.4 Å². The third-order valence-electron chi connectivity index (χ3n) is 3.96. The smallest absolute Gasteiger partial charge is 0.216 e. The third-order valence-corrected chi connectivity index (χ3v) is 4.92. The minimum atomic E-state index is 0.250. The van der Waals surface area contributed by atoms with Crippen molar-refractivity contribution in [1.29, 1.82) is 0 Å². The van der Waals surface area contributed by atoms with Crippen LogP contribution in [0, 0.1) is 6.92 Å². The van der Waals surface area contributed by atoms with Gasteiger partial charge in [-0.2, -0.15) is 0 Å². The average molecular weight is 311 g/mol. The van der Waals surface area contributed by atoms with Crippen molar-refractivity contribution >= 4 is 26.7 Å². The van der Waals surface area contributed by atoms with Gasteiger partial charge in [0.1, 0.15) is 6.10 Å². The maximum absolute atomic E-state index is 5.94. The lowest BCUT2D eigenvalue weighted by atomic mass is 9.89. The summed E-state index contributed by atoms with van der Waals surface area (Å²) in [5, 5.41) is 4.50. The van der Waals surface area contributed by atoms with Crippen LogP contribution < -0.4 is 10.1 Å². The Kier molecular flexibility index (Phi) is 3.42. The number of pyridine rings is 1. The van der Waals surface area contributed by atoms with Gasteiger partial charge in [0.25, 0.3) is 0 Å². The number of hydrogen-bond donors (Lipinski definition) is 1. The zero-order valence-corrected chi connectivity index (χ0v) is 13.1. The van der Waals surface area contributed by atoms with Crippen molar-refractivity contribution in [3.63, 3.8) is 0 Å². The van der Waals surface area contributed by atoms with Gasteiger partial charge in [-0.3, -0.25) is 0 Å². The number of rotatable bonds is 4. The van der Waals surface area contributed by atoms with Crippen LogP contribution in [-0.4, -0.2) is 22.1 Å². The highest BCUT2D eigenvalue weighted by atomic mass is 32.1. The SMILES string of the molecule is Cc1cccnc1OC1CC(Nc2nc3ccccc3s2)C1. The molecule has 4 rings (SSSR count). The van der Waals surface area contributed by atoms with Crippen LogP contribution in [0.4, 0.5) is 5.13 Å². The first-order valence-corrected chi connectivity index (χ1v) is 8.30. The zero-order chi connectivity index (χ0) is 14.9. The van der Waals surface area contributed by atoms with Gasteiger partial charge < -0.3 is 10.1 Å². The fourth-order valence-corrected chi connectivity index (χ4v) is 3.58. The Morgan fingerprint density at radius 3 is 2.86 bits per heavy atom. The van der Waals surface area contributed by atoms with Crippen LogP contribution >= 0.6 is 11.3 Å². The van der Waals surface area contributed by atoms with Crippen molar-refractivity contribution < 1.29 is 4.74 Å². The molecule has 2 heterocycles. The summed E-state index contributed by atoms with van der Waals surface area (Å²) >= 11 is 1.71. The van der Waals surface area contributed by atoms with Crippen molar-refractivity contribution in [3.8, 4) is 5.88 Å². The number of nitrogens with one attached hydrogen (secondary N) is 1. The molecule has 22 heavy (non-hydrogen) atoms. The van der Waals surface area contributed by atoms with E-state index in [4.69, 9.17) is 4.74 Å². The quantitative estimate of drug-likeness (QED) is 0.790. The second-order valence-electron chi connectivity index (χ2n) is 5.66. The lowest BCUT2D eigenvalue weighted by Crippen LogP contribution is -2.42. The molecule has 0 spiro atoms. The Morgan fingerprint density at radius 1 is 1.18 bits per heavy atom. The van der Waals surface area contributed by atoms with E-state index >= 15 is 0 Å². The monoisotopic (exact) mass is 311 g/mol. The number of hydrogen-bond acceptors (Lipinski definition) is 5. The summed E-state index contributed by atoms with van der Waals surface area (Å²) in [6.45, 7) is 2.03. The number of nitrogens with zero attached hydrogens (tertiary/aromatic N) is 2. The third kappa shape index (κ3) is 2.64. The average Bonchev–Trinajstić information content (AvgIpc) is 2.89. The number of anilines is 1. The van der Waals surface area contributed by atoms with Gasteiger partial charge in [0.15, 0.2) is 5.13 Å². The number of para-hydroxylation sites is 1. The van der Waals surface area contributed by atoms with Gasteiger partial charge >= 0.3 is 0 Å². The molecule has 2 aromatic heterocycles. The summed E-state index contributed by atoms with van der Waals surface area (Å²) in [5.41, 5.74) is 2.15. The molecule has 1 fully saturated rings. The molecular formula is C17H17N3OS. The van der Waals surface area contributed by atoms with Crippen molar-refractivity contribution in [2.24, 2.45) is 0 Å². The molecule has 0 saturated heterocycles. The van der Waals surface area contributed by atoms with E-state index < -0.39 is 0 Å². The Hall–Kier alpha value is -2.14. The van der Waals surface area contributed by atoms with E-state index in [1.54, 1.807) is 17.5 Å². The molecule has 0 amide bonds. The van der Waals surface area contributed by atoms with E-state index in [1.807, 2.05) is 37.3 Å². The maximum Gasteiger partial charge on any atom is 0.216 e. The summed E-state index contributed by atoms with van der Waals surface area (Å²) in [5.74, 6) is 0.755. The molecule has 0 radical (unpaired) electrons. The number of aromatic nitrogens is 2. The van der Waals surface area contributed by atoms with Gasteiger partial charge in [0, 0.05) is 30.6 Å². The van der Waals surface area contributed by atoms with Gasteiger partial charge in [-0.15, -0.1) is 0 Å². The predicted octanol–water partition coefficient (Wildman–Crippen LogP) is 4.02. The molecule has 1 saturated carbocycles. The summed E-state index contributed by atoms with van der Waals surface area (Å²) in [4.78, 5) is 8.90. The van der Waals surface area contributed by atoms with Crippen LogP contribution in [0.25, 0.3) is 10.2 Å². The van der Waals surface area contributed by atoms with Crippen LogP contribution in [0.2, 0.25) is 0 Å².